The molecule has 1 aromatic heterocycles. The van der Waals surface area contributed by atoms with Crippen LogP contribution >= 0.6 is 11.3 Å². The van der Waals surface area contributed by atoms with Gasteiger partial charge in [0, 0.05) is 11.6 Å². The average Bonchev–Trinajstić information content (AvgIpc) is 3.10. The fourth-order valence-corrected chi connectivity index (χ4v) is 4.43. The van der Waals surface area contributed by atoms with Crippen LogP contribution in [-0.2, 0) is 0 Å². The molecule has 0 bridgehead atoms. The van der Waals surface area contributed by atoms with Crippen molar-refractivity contribution in [3.8, 4) is 0 Å². The van der Waals surface area contributed by atoms with Crippen molar-refractivity contribution in [2.45, 2.75) is 50.1 Å². The van der Waals surface area contributed by atoms with Gasteiger partial charge in [-0.3, -0.25) is 4.90 Å². The van der Waals surface area contributed by atoms with Gasteiger partial charge in [0.25, 0.3) is 0 Å². The molecular formula is C14H22N2S. The predicted octanol–water partition coefficient (Wildman–Crippen LogP) is 3.16. The SMILES string of the molecule is NC(c1ccsc1)C1(N2CCCC2)CCCC1. The Balaban J connectivity index is 1.88. The molecule has 2 fully saturated rings. The molecule has 1 aliphatic heterocycles. The van der Waals surface area contributed by atoms with Crippen LogP contribution in [0.15, 0.2) is 16.8 Å². The van der Waals surface area contributed by atoms with Gasteiger partial charge in [-0.05, 0) is 61.2 Å². The van der Waals surface area contributed by atoms with Crippen LogP contribution in [0.4, 0.5) is 0 Å². The lowest BCUT2D eigenvalue weighted by Gasteiger charge is -2.43. The van der Waals surface area contributed by atoms with E-state index in [4.69, 9.17) is 5.73 Å². The Kier molecular flexibility index (Phi) is 3.24. The number of rotatable bonds is 3. The first-order chi connectivity index (χ1) is 8.33. The van der Waals surface area contributed by atoms with E-state index in [1.807, 2.05) is 0 Å². The first-order valence-corrected chi connectivity index (χ1v) is 7.80. The topological polar surface area (TPSA) is 29.3 Å². The summed E-state index contributed by atoms with van der Waals surface area (Å²) in [5, 5.41) is 4.39. The maximum Gasteiger partial charge on any atom is 0.0490 e. The minimum Gasteiger partial charge on any atom is -0.322 e. The molecule has 0 amide bonds. The van der Waals surface area contributed by atoms with Crippen LogP contribution in [0.2, 0.25) is 0 Å². The van der Waals surface area contributed by atoms with E-state index in [0.29, 0.717) is 0 Å². The van der Waals surface area contributed by atoms with Crippen LogP contribution in [0.3, 0.4) is 0 Å². The van der Waals surface area contributed by atoms with Gasteiger partial charge in [-0.15, -0.1) is 0 Å². The van der Waals surface area contributed by atoms with Crippen molar-refractivity contribution >= 4 is 11.3 Å². The monoisotopic (exact) mass is 250 g/mol. The molecule has 3 heteroatoms. The minimum absolute atomic E-state index is 0.217. The molecule has 1 aliphatic carbocycles. The maximum absolute atomic E-state index is 6.62. The van der Waals surface area contributed by atoms with Gasteiger partial charge in [0.1, 0.15) is 0 Å². The summed E-state index contributed by atoms with van der Waals surface area (Å²) in [5.41, 5.74) is 8.25. The minimum atomic E-state index is 0.217. The Bertz CT molecular complexity index is 348. The number of thiophene rings is 1. The van der Waals surface area contributed by atoms with E-state index in [-0.39, 0.29) is 11.6 Å². The highest BCUT2D eigenvalue weighted by Crippen LogP contribution is 2.45. The van der Waals surface area contributed by atoms with Gasteiger partial charge in [0.15, 0.2) is 0 Å². The summed E-state index contributed by atoms with van der Waals surface area (Å²) < 4.78 is 0. The zero-order valence-electron chi connectivity index (χ0n) is 10.4. The first-order valence-electron chi connectivity index (χ1n) is 6.86. The van der Waals surface area contributed by atoms with Crippen molar-refractivity contribution in [1.29, 1.82) is 0 Å². The fraction of sp³-hybridized carbons (Fsp3) is 0.714. The molecule has 2 N–H and O–H groups in total. The third-order valence-electron chi connectivity index (χ3n) is 4.69. The van der Waals surface area contributed by atoms with Crippen LogP contribution in [-0.4, -0.2) is 23.5 Å². The fourth-order valence-electron chi connectivity index (χ4n) is 3.74. The first kappa shape index (κ1) is 11.7. The van der Waals surface area contributed by atoms with Crippen molar-refractivity contribution in [1.82, 2.24) is 4.90 Å². The Morgan fingerprint density at radius 3 is 2.47 bits per heavy atom. The lowest BCUT2D eigenvalue weighted by Crippen LogP contribution is -2.52. The molecule has 1 saturated carbocycles. The van der Waals surface area contributed by atoms with Gasteiger partial charge in [0.2, 0.25) is 0 Å². The highest BCUT2D eigenvalue weighted by molar-refractivity contribution is 7.07. The summed E-state index contributed by atoms with van der Waals surface area (Å²) in [5.74, 6) is 0. The van der Waals surface area contributed by atoms with E-state index >= 15 is 0 Å². The standard InChI is InChI=1S/C14H22N2S/c15-13(12-5-10-17-11-12)14(6-1-2-7-14)16-8-3-4-9-16/h5,10-11,13H,1-4,6-9,15H2. The summed E-state index contributed by atoms with van der Waals surface area (Å²) >= 11 is 1.77. The molecule has 0 radical (unpaired) electrons. The van der Waals surface area contributed by atoms with E-state index < -0.39 is 0 Å². The van der Waals surface area contributed by atoms with Gasteiger partial charge < -0.3 is 5.73 Å². The van der Waals surface area contributed by atoms with Crippen molar-refractivity contribution in [2.75, 3.05) is 13.1 Å². The lowest BCUT2D eigenvalue weighted by molar-refractivity contribution is 0.0923. The molecule has 2 aliphatic rings. The smallest absolute Gasteiger partial charge is 0.0490 e. The normalized spacial score (nSPS) is 26.4. The van der Waals surface area contributed by atoms with E-state index in [2.05, 4.69) is 21.7 Å². The molecule has 0 spiro atoms. The number of hydrogen-bond acceptors (Lipinski definition) is 3. The summed E-state index contributed by atoms with van der Waals surface area (Å²) in [6.07, 6.45) is 8.02. The number of nitrogens with two attached hydrogens (primary N) is 1. The largest absolute Gasteiger partial charge is 0.322 e. The molecule has 2 nitrogen and oxygen atoms in total. The van der Waals surface area contributed by atoms with Gasteiger partial charge in [0.05, 0.1) is 0 Å². The van der Waals surface area contributed by atoms with Gasteiger partial charge in [-0.2, -0.15) is 11.3 Å². The second-order valence-electron chi connectivity index (χ2n) is 5.54. The Labute approximate surface area is 108 Å². The number of nitrogens with zero attached hydrogens (tertiary/aromatic N) is 1. The quantitative estimate of drug-likeness (QED) is 0.893. The Morgan fingerprint density at radius 2 is 1.88 bits per heavy atom. The molecule has 94 valence electrons. The molecule has 3 rings (SSSR count). The number of hydrogen-bond donors (Lipinski definition) is 1. The van der Waals surface area contributed by atoms with E-state index in [1.165, 1.54) is 57.2 Å². The predicted molar refractivity (Wildman–Crippen MR) is 73.3 cm³/mol. The second kappa shape index (κ2) is 4.71. The van der Waals surface area contributed by atoms with Crippen LogP contribution in [0.5, 0.6) is 0 Å². The molecule has 1 aromatic rings. The molecule has 1 unspecified atom stereocenters. The van der Waals surface area contributed by atoms with Crippen molar-refractivity contribution in [3.05, 3.63) is 22.4 Å². The van der Waals surface area contributed by atoms with Crippen LogP contribution < -0.4 is 5.73 Å². The highest BCUT2D eigenvalue weighted by Gasteiger charge is 2.45. The molecule has 0 aromatic carbocycles. The second-order valence-corrected chi connectivity index (χ2v) is 6.32. The van der Waals surface area contributed by atoms with Gasteiger partial charge in [-0.1, -0.05) is 12.8 Å². The summed E-state index contributed by atoms with van der Waals surface area (Å²) in [6, 6.07) is 2.43. The lowest BCUT2D eigenvalue weighted by atomic mass is 9.83. The number of likely N-dealkylation sites (tertiary alicyclic amines) is 1. The van der Waals surface area contributed by atoms with Crippen LogP contribution in [0.1, 0.15) is 50.1 Å². The third kappa shape index (κ3) is 1.94. The van der Waals surface area contributed by atoms with Gasteiger partial charge >= 0.3 is 0 Å². The van der Waals surface area contributed by atoms with Crippen LogP contribution in [0, 0.1) is 0 Å². The Hall–Kier alpha value is -0.380. The van der Waals surface area contributed by atoms with E-state index in [9.17, 15) is 0 Å². The average molecular weight is 250 g/mol. The molecular weight excluding hydrogens is 228 g/mol. The van der Waals surface area contributed by atoms with E-state index in [0.717, 1.165) is 0 Å². The van der Waals surface area contributed by atoms with Gasteiger partial charge in [-0.25, -0.2) is 0 Å². The molecule has 2 heterocycles. The van der Waals surface area contributed by atoms with Crippen LogP contribution in [0.25, 0.3) is 0 Å². The van der Waals surface area contributed by atoms with Crippen molar-refractivity contribution in [2.24, 2.45) is 5.73 Å². The highest BCUT2D eigenvalue weighted by atomic mass is 32.1. The zero-order chi connectivity index (χ0) is 11.7. The summed E-state index contributed by atoms with van der Waals surface area (Å²) in [7, 11) is 0. The third-order valence-corrected chi connectivity index (χ3v) is 5.39. The zero-order valence-corrected chi connectivity index (χ0v) is 11.2. The van der Waals surface area contributed by atoms with E-state index in [1.54, 1.807) is 11.3 Å². The molecule has 17 heavy (non-hydrogen) atoms. The maximum atomic E-state index is 6.62. The Morgan fingerprint density at radius 1 is 1.18 bits per heavy atom. The van der Waals surface area contributed by atoms with Crippen molar-refractivity contribution < 1.29 is 0 Å². The van der Waals surface area contributed by atoms with Crippen molar-refractivity contribution in [3.63, 3.8) is 0 Å². The molecule has 1 saturated heterocycles. The summed E-state index contributed by atoms with van der Waals surface area (Å²) in [4.78, 5) is 2.70. The summed E-state index contributed by atoms with van der Waals surface area (Å²) in [6.45, 7) is 2.52. The molecule has 1 atom stereocenters.